The third kappa shape index (κ3) is 2.95. The van der Waals surface area contributed by atoms with E-state index in [2.05, 4.69) is 9.88 Å². The number of nitrogens with one attached hydrogen (secondary N) is 1. The number of carbonyl (C=O) groups is 2. The number of hydrogen-bond acceptors (Lipinski definition) is 3. The molecule has 5 nitrogen and oxygen atoms in total. The zero-order valence-corrected chi connectivity index (χ0v) is 16.2. The molecule has 29 heavy (non-hydrogen) atoms. The number of carbonyl (C=O) groups excluding carboxylic acids is 2. The van der Waals surface area contributed by atoms with E-state index in [-0.39, 0.29) is 30.1 Å². The van der Waals surface area contributed by atoms with Gasteiger partial charge in [0.2, 0.25) is 11.8 Å². The summed E-state index contributed by atoms with van der Waals surface area (Å²) in [6.45, 7) is 3.02. The van der Waals surface area contributed by atoms with Crippen LogP contribution in [0.3, 0.4) is 0 Å². The van der Waals surface area contributed by atoms with Gasteiger partial charge < -0.3 is 4.98 Å². The number of nitrogens with zero attached hydrogens (tertiary/aromatic N) is 2. The molecule has 0 saturated carbocycles. The van der Waals surface area contributed by atoms with Crippen molar-refractivity contribution >= 4 is 22.7 Å². The predicted octanol–water partition coefficient (Wildman–Crippen LogP) is 3.55. The van der Waals surface area contributed by atoms with Gasteiger partial charge in [-0.25, -0.2) is 4.39 Å². The van der Waals surface area contributed by atoms with Gasteiger partial charge >= 0.3 is 0 Å². The van der Waals surface area contributed by atoms with Crippen molar-refractivity contribution in [3.8, 4) is 0 Å². The number of likely N-dealkylation sites (tertiary alicyclic amines) is 1. The number of rotatable bonds is 3. The fraction of sp³-hybridized carbons (Fsp3) is 0.304. The number of halogens is 1. The minimum absolute atomic E-state index is 0.0485. The summed E-state index contributed by atoms with van der Waals surface area (Å²) in [7, 11) is 0. The first-order valence-electron chi connectivity index (χ1n) is 9.97. The molecule has 2 aliphatic heterocycles. The predicted molar refractivity (Wildman–Crippen MR) is 107 cm³/mol. The molecule has 1 N–H and O–H groups in total. The van der Waals surface area contributed by atoms with Gasteiger partial charge in [0.15, 0.2) is 0 Å². The fourth-order valence-corrected chi connectivity index (χ4v) is 4.75. The maximum atomic E-state index is 13.7. The Morgan fingerprint density at radius 2 is 1.93 bits per heavy atom. The van der Waals surface area contributed by atoms with E-state index in [9.17, 15) is 14.0 Å². The second-order valence-electron chi connectivity index (χ2n) is 7.89. The number of hydrogen-bond donors (Lipinski definition) is 1. The number of H-pyrrole nitrogens is 1. The highest BCUT2D eigenvalue weighted by atomic mass is 19.1. The standard InChI is InChI=1S/C23H22FN3O2/c1-14-22-17(18-11-16(24)7-8-19(18)25-22)9-10-26(14)20-12-21(28)27(23(20)29)13-15-5-3-2-4-6-15/h2-8,11,14,20,25H,9-10,12-13H2,1H3. The molecule has 1 aromatic heterocycles. The minimum Gasteiger partial charge on any atom is -0.357 e. The first kappa shape index (κ1) is 18.1. The summed E-state index contributed by atoms with van der Waals surface area (Å²) in [6.07, 6.45) is 0.931. The van der Waals surface area contributed by atoms with E-state index in [0.717, 1.165) is 34.1 Å². The Kier molecular flexibility index (Phi) is 4.24. The van der Waals surface area contributed by atoms with Crippen LogP contribution in [0.25, 0.3) is 10.9 Å². The second-order valence-corrected chi connectivity index (χ2v) is 7.89. The van der Waals surface area contributed by atoms with Crippen molar-refractivity contribution in [3.63, 3.8) is 0 Å². The fourth-order valence-electron chi connectivity index (χ4n) is 4.75. The maximum absolute atomic E-state index is 13.7. The molecule has 0 aliphatic carbocycles. The molecular weight excluding hydrogens is 369 g/mol. The molecule has 1 fully saturated rings. The van der Waals surface area contributed by atoms with Crippen LogP contribution in [0.5, 0.6) is 0 Å². The van der Waals surface area contributed by atoms with Crippen LogP contribution in [0.2, 0.25) is 0 Å². The summed E-state index contributed by atoms with van der Waals surface area (Å²) >= 11 is 0. The van der Waals surface area contributed by atoms with Gasteiger partial charge in [-0.3, -0.25) is 19.4 Å². The van der Waals surface area contributed by atoms with Crippen LogP contribution in [0.4, 0.5) is 4.39 Å². The lowest BCUT2D eigenvalue weighted by Gasteiger charge is -2.36. The number of aromatic nitrogens is 1. The molecule has 2 atom stereocenters. The summed E-state index contributed by atoms with van der Waals surface area (Å²) < 4.78 is 13.7. The van der Waals surface area contributed by atoms with Gasteiger partial charge in [0, 0.05) is 29.2 Å². The Balaban J connectivity index is 1.41. The number of imide groups is 1. The molecule has 148 valence electrons. The van der Waals surface area contributed by atoms with Crippen molar-refractivity contribution in [2.24, 2.45) is 0 Å². The van der Waals surface area contributed by atoms with Gasteiger partial charge in [-0.15, -0.1) is 0 Å². The van der Waals surface area contributed by atoms with Crippen LogP contribution in [0.15, 0.2) is 48.5 Å². The van der Waals surface area contributed by atoms with Gasteiger partial charge in [0.05, 0.1) is 19.0 Å². The first-order chi connectivity index (χ1) is 14.0. The Morgan fingerprint density at radius 3 is 2.72 bits per heavy atom. The van der Waals surface area contributed by atoms with E-state index in [1.807, 2.05) is 37.3 Å². The smallest absolute Gasteiger partial charge is 0.247 e. The van der Waals surface area contributed by atoms with Crippen LogP contribution in [-0.2, 0) is 22.6 Å². The van der Waals surface area contributed by atoms with Crippen molar-refractivity contribution in [2.45, 2.75) is 38.4 Å². The van der Waals surface area contributed by atoms with Gasteiger partial charge in [0.1, 0.15) is 5.82 Å². The van der Waals surface area contributed by atoms with E-state index >= 15 is 0 Å². The minimum atomic E-state index is -0.447. The zero-order chi connectivity index (χ0) is 20.1. The summed E-state index contributed by atoms with van der Waals surface area (Å²) in [5.74, 6) is -0.501. The maximum Gasteiger partial charge on any atom is 0.247 e. The normalized spacial score (nSPS) is 22.5. The highest BCUT2D eigenvalue weighted by Gasteiger charge is 2.44. The zero-order valence-electron chi connectivity index (χ0n) is 16.2. The molecule has 2 unspecified atom stereocenters. The lowest BCUT2D eigenvalue weighted by atomic mass is 9.96. The molecule has 0 radical (unpaired) electrons. The van der Waals surface area contributed by atoms with Gasteiger partial charge in [-0.1, -0.05) is 30.3 Å². The third-order valence-electron chi connectivity index (χ3n) is 6.24. The Labute approximate surface area is 168 Å². The molecule has 5 rings (SSSR count). The SMILES string of the molecule is CC1c2[nH]c3ccc(F)cc3c2CCN1C1CC(=O)N(Cc2ccccc2)C1=O. The Hall–Kier alpha value is -2.99. The number of amides is 2. The molecule has 6 heteroatoms. The lowest BCUT2D eigenvalue weighted by Crippen LogP contribution is -2.46. The van der Waals surface area contributed by atoms with E-state index < -0.39 is 6.04 Å². The molecule has 3 heterocycles. The molecule has 3 aromatic rings. The molecule has 0 bridgehead atoms. The van der Waals surface area contributed by atoms with Crippen LogP contribution >= 0.6 is 0 Å². The van der Waals surface area contributed by atoms with E-state index in [1.165, 1.54) is 11.0 Å². The molecule has 0 spiro atoms. The molecule has 1 saturated heterocycles. The second kappa shape index (κ2) is 6.81. The monoisotopic (exact) mass is 391 g/mol. The van der Waals surface area contributed by atoms with E-state index in [1.54, 1.807) is 12.1 Å². The Morgan fingerprint density at radius 1 is 1.14 bits per heavy atom. The van der Waals surface area contributed by atoms with Crippen LogP contribution in [-0.4, -0.2) is 39.2 Å². The first-order valence-corrected chi connectivity index (χ1v) is 9.97. The molecule has 2 aromatic carbocycles. The molecule has 2 aliphatic rings. The summed E-state index contributed by atoms with van der Waals surface area (Å²) in [5.41, 5.74) is 3.98. The summed E-state index contributed by atoms with van der Waals surface area (Å²) in [5, 5.41) is 0.908. The van der Waals surface area contributed by atoms with Crippen molar-refractivity contribution < 1.29 is 14.0 Å². The number of benzene rings is 2. The van der Waals surface area contributed by atoms with Crippen molar-refractivity contribution in [1.29, 1.82) is 0 Å². The van der Waals surface area contributed by atoms with Crippen LogP contribution in [0.1, 0.15) is 36.2 Å². The van der Waals surface area contributed by atoms with Crippen LogP contribution in [0, 0.1) is 5.82 Å². The van der Waals surface area contributed by atoms with Gasteiger partial charge in [-0.05, 0) is 42.7 Å². The molecular formula is C23H22FN3O2. The Bertz CT molecular complexity index is 1110. The highest BCUT2D eigenvalue weighted by molar-refractivity contribution is 6.05. The lowest BCUT2D eigenvalue weighted by molar-refractivity contribution is -0.140. The van der Waals surface area contributed by atoms with E-state index in [4.69, 9.17) is 0 Å². The van der Waals surface area contributed by atoms with Crippen molar-refractivity contribution in [1.82, 2.24) is 14.8 Å². The quantitative estimate of drug-likeness (QED) is 0.695. The number of aromatic amines is 1. The largest absolute Gasteiger partial charge is 0.357 e. The van der Waals surface area contributed by atoms with Crippen molar-refractivity contribution in [2.75, 3.05) is 6.54 Å². The van der Waals surface area contributed by atoms with Gasteiger partial charge in [0.25, 0.3) is 0 Å². The highest BCUT2D eigenvalue weighted by Crippen LogP contribution is 2.37. The van der Waals surface area contributed by atoms with Crippen molar-refractivity contribution in [3.05, 3.63) is 71.2 Å². The average molecular weight is 391 g/mol. The summed E-state index contributed by atoms with van der Waals surface area (Å²) in [6, 6.07) is 13.9. The number of fused-ring (bicyclic) bond motifs is 3. The average Bonchev–Trinajstić information content (AvgIpc) is 3.22. The third-order valence-corrected chi connectivity index (χ3v) is 6.24. The van der Waals surface area contributed by atoms with Gasteiger partial charge in [-0.2, -0.15) is 0 Å². The van der Waals surface area contributed by atoms with E-state index in [0.29, 0.717) is 13.1 Å². The van der Waals surface area contributed by atoms with Crippen LogP contribution < -0.4 is 0 Å². The summed E-state index contributed by atoms with van der Waals surface area (Å²) in [4.78, 5) is 32.6. The topological polar surface area (TPSA) is 56.4 Å². The molecule has 2 amide bonds.